The Morgan fingerprint density at radius 2 is 1.69 bits per heavy atom. The predicted octanol–water partition coefficient (Wildman–Crippen LogP) is 5.98. The molecular formula is C16H32. The molecule has 0 saturated heterocycles. The molecule has 16 heavy (non-hydrogen) atoms. The second-order valence-electron chi connectivity index (χ2n) is 5.13. The number of allylic oxidation sites excluding steroid dienone is 2. The Kier molecular flexibility index (Phi) is 9.77. The molecule has 0 aromatic carbocycles. The number of hydrogen-bond donors (Lipinski definition) is 0. The Hall–Kier alpha value is -0.260. The van der Waals surface area contributed by atoms with Gasteiger partial charge >= 0.3 is 0 Å². The molecule has 0 aliphatic heterocycles. The van der Waals surface area contributed by atoms with E-state index >= 15 is 0 Å². The van der Waals surface area contributed by atoms with Crippen LogP contribution in [-0.2, 0) is 0 Å². The van der Waals surface area contributed by atoms with Crippen LogP contribution in [0.1, 0.15) is 79.6 Å². The van der Waals surface area contributed by atoms with Gasteiger partial charge in [-0.3, -0.25) is 0 Å². The Labute approximate surface area is 104 Å². The zero-order chi connectivity index (χ0) is 12.4. The number of hydrogen-bond acceptors (Lipinski definition) is 0. The van der Waals surface area contributed by atoms with Crippen LogP contribution in [0.3, 0.4) is 0 Å². The zero-order valence-corrected chi connectivity index (χ0v) is 12.2. The van der Waals surface area contributed by atoms with Gasteiger partial charge in [-0.2, -0.15) is 0 Å². The Morgan fingerprint density at radius 3 is 2.12 bits per heavy atom. The lowest BCUT2D eigenvalue weighted by Gasteiger charge is -2.18. The quantitative estimate of drug-likeness (QED) is 0.423. The lowest BCUT2D eigenvalue weighted by Crippen LogP contribution is -2.03. The molecule has 0 fully saturated rings. The van der Waals surface area contributed by atoms with Crippen molar-refractivity contribution in [2.75, 3.05) is 0 Å². The van der Waals surface area contributed by atoms with Crippen molar-refractivity contribution < 1.29 is 0 Å². The molecule has 0 aliphatic rings. The third-order valence-electron chi connectivity index (χ3n) is 3.99. The van der Waals surface area contributed by atoms with E-state index in [1.807, 2.05) is 0 Å². The first kappa shape index (κ1) is 15.7. The predicted molar refractivity (Wildman–Crippen MR) is 75.8 cm³/mol. The highest BCUT2D eigenvalue weighted by Crippen LogP contribution is 2.25. The molecule has 0 heterocycles. The fourth-order valence-corrected chi connectivity index (χ4v) is 2.44. The summed E-state index contributed by atoms with van der Waals surface area (Å²) in [5.41, 5.74) is 1.69. The summed E-state index contributed by atoms with van der Waals surface area (Å²) >= 11 is 0. The number of unbranched alkanes of at least 4 members (excludes halogenated alkanes) is 1. The molecule has 0 spiro atoms. The van der Waals surface area contributed by atoms with Gasteiger partial charge in [-0.25, -0.2) is 0 Å². The van der Waals surface area contributed by atoms with Crippen molar-refractivity contribution in [3.05, 3.63) is 11.6 Å². The molecule has 1 atom stereocenters. The summed E-state index contributed by atoms with van der Waals surface area (Å²) in [4.78, 5) is 0. The summed E-state index contributed by atoms with van der Waals surface area (Å²) in [6.07, 6.45) is 11.9. The lowest BCUT2D eigenvalue weighted by atomic mass is 9.88. The Bertz CT molecular complexity index is 174. The van der Waals surface area contributed by atoms with Gasteiger partial charge in [0.05, 0.1) is 0 Å². The first-order valence-corrected chi connectivity index (χ1v) is 7.34. The molecule has 1 unspecified atom stereocenters. The molecular weight excluding hydrogens is 192 g/mol. The van der Waals surface area contributed by atoms with Crippen molar-refractivity contribution in [1.82, 2.24) is 0 Å². The summed E-state index contributed by atoms with van der Waals surface area (Å²) in [6.45, 7) is 11.5. The van der Waals surface area contributed by atoms with Gasteiger partial charge in [0.15, 0.2) is 0 Å². The SMILES string of the molecule is CC=C(CCC(CC)CC)C(C)CCCC. The molecule has 0 aliphatic carbocycles. The minimum atomic E-state index is 0.805. The van der Waals surface area contributed by atoms with Crippen LogP contribution in [-0.4, -0.2) is 0 Å². The molecule has 96 valence electrons. The van der Waals surface area contributed by atoms with E-state index in [4.69, 9.17) is 0 Å². The first-order chi connectivity index (χ1) is 7.69. The van der Waals surface area contributed by atoms with Gasteiger partial charge in [0.1, 0.15) is 0 Å². The molecule has 0 radical (unpaired) electrons. The van der Waals surface area contributed by atoms with Crippen molar-refractivity contribution in [3.8, 4) is 0 Å². The zero-order valence-electron chi connectivity index (χ0n) is 12.2. The maximum Gasteiger partial charge on any atom is -0.0232 e. The van der Waals surface area contributed by atoms with Crippen molar-refractivity contribution >= 4 is 0 Å². The van der Waals surface area contributed by atoms with E-state index in [2.05, 4.69) is 40.7 Å². The summed E-state index contributed by atoms with van der Waals surface area (Å²) < 4.78 is 0. The lowest BCUT2D eigenvalue weighted by molar-refractivity contribution is 0.439. The summed E-state index contributed by atoms with van der Waals surface area (Å²) in [5, 5.41) is 0. The average Bonchev–Trinajstić information content (AvgIpc) is 2.32. The maximum absolute atomic E-state index is 2.40. The molecule has 0 amide bonds. The molecule has 0 heteroatoms. The van der Waals surface area contributed by atoms with Crippen LogP contribution in [0.4, 0.5) is 0 Å². The Morgan fingerprint density at radius 1 is 1.06 bits per heavy atom. The van der Waals surface area contributed by atoms with Crippen LogP contribution >= 0.6 is 0 Å². The normalized spacial score (nSPS) is 14.5. The van der Waals surface area contributed by atoms with Crippen LogP contribution in [0, 0.1) is 11.8 Å². The van der Waals surface area contributed by atoms with Crippen LogP contribution in [0.5, 0.6) is 0 Å². The molecule has 0 aromatic heterocycles. The molecule has 0 bridgehead atoms. The van der Waals surface area contributed by atoms with Crippen LogP contribution < -0.4 is 0 Å². The third-order valence-corrected chi connectivity index (χ3v) is 3.99. The van der Waals surface area contributed by atoms with Gasteiger partial charge < -0.3 is 0 Å². The standard InChI is InChI=1S/C16H32/c1-6-10-11-14(5)16(9-4)13-12-15(7-2)8-3/h9,14-15H,6-8,10-13H2,1-5H3. The topological polar surface area (TPSA) is 0 Å². The van der Waals surface area contributed by atoms with Crippen LogP contribution in [0.2, 0.25) is 0 Å². The van der Waals surface area contributed by atoms with E-state index in [1.54, 1.807) is 5.57 Å². The molecule has 0 aromatic rings. The van der Waals surface area contributed by atoms with E-state index in [1.165, 1.54) is 44.9 Å². The summed E-state index contributed by atoms with van der Waals surface area (Å²) in [7, 11) is 0. The van der Waals surface area contributed by atoms with Gasteiger partial charge in [-0.05, 0) is 38.0 Å². The Balaban J connectivity index is 4.00. The molecule has 0 saturated carbocycles. The smallest absolute Gasteiger partial charge is 0.0232 e. The van der Waals surface area contributed by atoms with E-state index in [-0.39, 0.29) is 0 Å². The number of rotatable bonds is 9. The van der Waals surface area contributed by atoms with E-state index in [0.717, 1.165) is 11.8 Å². The van der Waals surface area contributed by atoms with Crippen molar-refractivity contribution in [2.45, 2.75) is 79.6 Å². The minimum Gasteiger partial charge on any atom is -0.0882 e. The molecule has 0 N–H and O–H groups in total. The fraction of sp³-hybridized carbons (Fsp3) is 0.875. The second kappa shape index (κ2) is 9.93. The second-order valence-corrected chi connectivity index (χ2v) is 5.13. The highest BCUT2D eigenvalue weighted by atomic mass is 14.2. The van der Waals surface area contributed by atoms with Crippen molar-refractivity contribution in [2.24, 2.45) is 11.8 Å². The van der Waals surface area contributed by atoms with Crippen molar-refractivity contribution in [3.63, 3.8) is 0 Å². The highest BCUT2D eigenvalue weighted by Gasteiger charge is 2.10. The van der Waals surface area contributed by atoms with Crippen LogP contribution in [0.25, 0.3) is 0 Å². The van der Waals surface area contributed by atoms with Gasteiger partial charge in [0, 0.05) is 0 Å². The highest BCUT2D eigenvalue weighted by molar-refractivity contribution is 5.04. The van der Waals surface area contributed by atoms with Crippen LogP contribution in [0.15, 0.2) is 11.6 Å². The van der Waals surface area contributed by atoms with Crippen molar-refractivity contribution in [1.29, 1.82) is 0 Å². The molecule has 0 rings (SSSR count). The first-order valence-electron chi connectivity index (χ1n) is 7.34. The third kappa shape index (κ3) is 6.35. The van der Waals surface area contributed by atoms with Gasteiger partial charge in [0.2, 0.25) is 0 Å². The van der Waals surface area contributed by atoms with E-state index in [9.17, 15) is 0 Å². The van der Waals surface area contributed by atoms with E-state index < -0.39 is 0 Å². The average molecular weight is 224 g/mol. The summed E-state index contributed by atoms with van der Waals surface area (Å²) in [6, 6.07) is 0. The fourth-order valence-electron chi connectivity index (χ4n) is 2.44. The maximum atomic E-state index is 2.40. The van der Waals surface area contributed by atoms with Gasteiger partial charge in [-0.15, -0.1) is 0 Å². The minimum absolute atomic E-state index is 0.805. The summed E-state index contributed by atoms with van der Waals surface area (Å²) in [5.74, 6) is 1.74. The van der Waals surface area contributed by atoms with E-state index in [0.29, 0.717) is 0 Å². The monoisotopic (exact) mass is 224 g/mol. The molecule has 0 nitrogen and oxygen atoms in total. The van der Waals surface area contributed by atoms with Gasteiger partial charge in [-0.1, -0.05) is 65.0 Å². The largest absolute Gasteiger partial charge is 0.0882 e. The van der Waals surface area contributed by atoms with Gasteiger partial charge in [0.25, 0.3) is 0 Å².